The van der Waals surface area contributed by atoms with Gasteiger partial charge in [0.1, 0.15) is 16.6 Å². The van der Waals surface area contributed by atoms with Crippen LogP contribution in [-0.4, -0.2) is 16.5 Å². The number of nitrogens with two attached hydrogens (primary N) is 1. The number of hydrogen-bond donors (Lipinski definition) is 1. The molecule has 0 radical (unpaired) electrons. The fourth-order valence-corrected chi connectivity index (χ4v) is 2.11. The summed E-state index contributed by atoms with van der Waals surface area (Å²) >= 11 is 3.40. The maximum absolute atomic E-state index is 8.79. The van der Waals surface area contributed by atoms with E-state index in [1.807, 2.05) is 35.2 Å². The van der Waals surface area contributed by atoms with Crippen molar-refractivity contribution in [1.82, 2.24) is 9.97 Å². The number of nitrogen functional groups attached to an aromatic ring is 1. The van der Waals surface area contributed by atoms with Crippen molar-refractivity contribution >= 4 is 33.3 Å². The molecule has 0 aliphatic rings. The first kappa shape index (κ1) is 13.3. The molecule has 1 heterocycles. The molecule has 19 heavy (non-hydrogen) atoms. The van der Waals surface area contributed by atoms with E-state index in [2.05, 4.69) is 32.0 Å². The second-order valence-electron chi connectivity index (χ2n) is 3.79. The van der Waals surface area contributed by atoms with Crippen molar-refractivity contribution in [2.75, 3.05) is 17.2 Å². The Kier molecular flexibility index (Phi) is 4.31. The van der Waals surface area contributed by atoms with E-state index in [0.29, 0.717) is 29.1 Å². The van der Waals surface area contributed by atoms with Gasteiger partial charge in [-0.15, -0.1) is 0 Å². The van der Waals surface area contributed by atoms with Gasteiger partial charge in [0, 0.05) is 12.2 Å². The van der Waals surface area contributed by atoms with Gasteiger partial charge in [0.25, 0.3) is 0 Å². The molecule has 2 rings (SSSR count). The monoisotopic (exact) mass is 317 g/mol. The molecule has 0 atom stereocenters. The molecule has 0 saturated heterocycles. The molecule has 5 nitrogen and oxygen atoms in total. The molecule has 0 saturated carbocycles. The summed E-state index contributed by atoms with van der Waals surface area (Å²) in [7, 11) is 0. The van der Waals surface area contributed by atoms with Crippen LogP contribution in [0.15, 0.2) is 41.1 Å². The number of anilines is 3. The van der Waals surface area contributed by atoms with Crippen molar-refractivity contribution < 1.29 is 0 Å². The highest BCUT2D eigenvalue weighted by atomic mass is 79.9. The Morgan fingerprint density at radius 2 is 2.00 bits per heavy atom. The van der Waals surface area contributed by atoms with Crippen molar-refractivity contribution in [2.24, 2.45) is 0 Å². The summed E-state index contributed by atoms with van der Waals surface area (Å²) in [6, 6.07) is 11.9. The minimum Gasteiger partial charge on any atom is -0.383 e. The topological polar surface area (TPSA) is 78.8 Å². The largest absolute Gasteiger partial charge is 0.383 e. The Hall–Kier alpha value is -2.13. The predicted molar refractivity (Wildman–Crippen MR) is 77.8 cm³/mol. The number of halogens is 1. The van der Waals surface area contributed by atoms with E-state index >= 15 is 0 Å². The molecule has 0 aliphatic heterocycles. The number of hydrogen-bond acceptors (Lipinski definition) is 5. The minimum atomic E-state index is 0.378. The minimum absolute atomic E-state index is 0.378. The summed E-state index contributed by atoms with van der Waals surface area (Å²) in [4.78, 5) is 10.1. The van der Waals surface area contributed by atoms with Crippen LogP contribution in [0.1, 0.15) is 6.42 Å². The zero-order valence-electron chi connectivity index (χ0n) is 10.1. The lowest BCUT2D eigenvalue weighted by Gasteiger charge is -2.23. The van der Waals surface area contributed by atoms with E-state index in [0.717, 1.165) is 5.69 Å². The van der Waals surface area contributed by atoms with Gasteiger partial charge in [0.2, 0.25) is 0 Å². The molecule has 2 N–H and O–H groups in total. The second kappa shape index (κ2) is 6.16. The van der Waals surface area contributed by atoms with Crippen molar-refractivity contribution in [3.05, 3.63) is 41.1 Å². The van der Waals surface area contributed by atoms with Gasteiger partial charge < -0.3 is 10.6 Å². The molecule has 1 aromatic carbocycles. The molecule has 0 amide bonds. The van der Waals surface area contributed by atoms with E-state index in [1.165, 1.54) is 6.33 Å². The molecule has 1 aromatic heterocycles. The number of rotatable bonds is 4. The fraction of sp³-hybridized carbons (Fsp3) is 0.154. The molecule has 96 valence electrons. The first-order valence-corrected chi connectivity index (χ1v) is 6.49. The third-order valence-corrected chi connectivity index (χ3v) is 3.33. The van der Waals surface area contributed by atoms with Gasteiger partial charge in [-0.05, 0) is 28.1 Å². The van der Waals surface area contributed by atoms with Crippen molar-refractivity contribution in [3.63, 3.8) is 0 Å². The average Bonchev–Trinajstić information content (AvgIpc) is 2.45. The summed E-state index contributed by atoms with van der Waals surface area (Å²) in [6.07, 6.45) is 1.81. The maximum atomic E-state index is 8.79. The lowest BCUT2D eigenvalue weighted by molar-refractivity contribution is 0.917. The van der Waals surface area contributed by atoms with Crippen LogP contribution < -0.4 is 10.6 Å². The molecule has 2 aromatic rings. The van der Waals surface area contributed by atoms with Crippen molar-refractivity contribution in [3.8, 4) is 6.07 Å². The van der Waals surface area contributed by atoms with Gasteiger partial charge in [0.15, 0.2) is 5.82 Å². The summed E-state index contributed by atoms with van der Waals surface area (Å²) < 4.78 is 0.636. The Morgan fingerprint density at radius 1 is 1.26 bits per heavy atom. The van der Waals surface area contributed by atoms with Gasteiger partial charge in [-0.25, -0.2) is 9.97 Å². The van der Waals surface area contributed by atoms with E-state index in [1.54, 1.807) is 0 Å². The van der Waals surface area contributed by atoms with Crippen LogP contribution in [0.5, 0.6) is 0 Å². The van der Waals surface area contributed by atoms with E-state index in [9.17, 15) is 0 Å². The second-order valence-corrected chi connectivity index (χ2v) is 4.58. The van der Waals surface area contributed by atoms with Crippen molar-refractivity contribution in [2.45, 2.75) is 6.42 Å². The van der Waals surface area contributed by atoms with Crippen LogP contribution in [0.3, 0.4) is 0 Å². The molecule has 6 heteroatoms. The number of benzene rings is 1. The fourth-order valence-electron chi connectivity index (χ4n) is 1.69. The summed E-state index contributed by atoms with van der Waals surface area (Å²) in [5.41, 5.74) is 6.73. The van der Waals surface area contributed by atoms with Crippen LogP contribution in [0.25, 0.3) is 0 Å². The standard InChI is InChI=1S/C13H12BrN5/c14-11-12(16)17-9-18-13(11)19(8-4-7-15)10-5-2-1-3-6-10/h1-3,5-6,9H,4,8H2,(H2,16,17,18). The first-order valence-electron chi connectivity index (χ1n) is 5.69. The quantitative estimate of drug-likeness (QED) is 0.938. The maximum Gasteiger partial charge on any atom is 0.152 e. The first-order chi connectivity index (χ1) is 9.24. The highest BCUT2D eigenvalue weighted by molar-refractivity contribution is 9.10. The Labute approximate surface area is 119 Å². The van der Waals surface area contributed by atoms with E-state index in [4.69, 9.17) is 11.0 Å². The zero-order valence-corrected chi connectivity index (χ0v) is 11.7. The summed E-state index contributed by atoms with van der Waals surface area (Å²) in [5, 5.41) is 8.79. The third-order valence-electron chi connectivity index (χ3n) is 2.57. The van der Waals surface area contributed by atoms with Gasteiger partial charge in [-0.3, -0.25) is 0 Å². The molecular weight excluding hydrogens is 306 g/mol. The van der Waals surface area contributed by atoms with Crippen LogP contribution >= 0.6 is 15.9 Å². The number of nitriles is 1. The molecular formula is C13H12BrN5. The van der Waals surface area contributed by atoms with Crippen LogP contribution in [0.4, 0.5) is 17.3 Å². The average molecular weight is 318 g/mol. The van der Waals surface area contributed by atoms with Crippen LogP contribution in [0, 0.1) is 11.3 Å². The van der Waals surface area contributed by atoms with Gasteiger partial charge in [0.05, 0.1) is 12.5 Å². The Morgan fingerprint density at radius 3 is 2.68 bits per heavy atom. The highest BCUT2D eigenvalue weighted by Crippen LogP contribution is 2.32. The molecule has 0 unspecified atom stereocenters. The molecule has 0 fully saturated rings. The zero-order chi connectivity index (χ0) is 13.7. The van der Waals surface area contributed by atoms with Gasteiger partial charge >= 0.3 is 0 Å². The summed E-state index contributed by atoms with van der Waals surface area (Å²) in [5.74, 6) is 1.04. The smallest absolute Gasteiger partial charge is 0.152 e. The highest BCUT2D eigenvalue weighted by Gasteiger charge is 2.15. The van der Waals surface area contributed by atoms with E-state index in [-0.39, 0.29) is 0 Å². The number of aromatic nitrogens is 2. The van der Waals surface area contributed by atoms with Crippen molar-refractivity contribution in [1.29, 1.82) is 5.26 Å². The Balaban J connectivity index is 2.44. The summed E-state index contributed by atoms with van der Waals surface area (Å²) in [6.45, 7) is 0.537. The molecule has 0 aliphatic carbocycles. The SMILES string of the molecule is N#CCCN(c1ccccc1)c1ncnc(N)c1Br. The predicted octanol–water partition coefficient (Wildman–Crippen LogP) is 2.87. The normalized spacial score (nSPS) is 9.89. The van der Waals surface area contributed by atoms with Crippen LogP contribution in [-0.2, 0) is 0 Å². The lowest BCUT2D eigenvalue weighted by atomic mass is 10.2. The van der Waals surface area contributed by atoms with Gasteiger partial charge in [-0.2, -0.15) is 5.26 Å². The van der Waals surface area contributed by atoms with E-state index < -0.39 is 0 Å². The lowest BCUT2D eigenvalue weighted by Crippen LogP contribution is -2.20. The Bertz CT molecular complexity index is 594. The third kappa shape index (κ3) is 3.01. The van der Waals surface area contributed by atoms with Crippen LogP contribution in [0.2, 0.25) is 0 Å². The molecule has 0 spiro atoms. The number of para-hydroxylation sites is 1. The van der Waals surface area contributed by atoms with Gasteiger partial charge in [-0.1, -0.05) is 18.2 Å². The number of nitrogens with zero attached hydrogens (tertiary/aromatic N) is 4. The molecule has 0 bridgehead atoms.